The van der Waals surface area contributed by atoms with Gasteiger partial charge in [-0.25, -0.2) is 4.39 Å². The van der Waals surface area contributed by atoms with Crippen LogP contribution in [0.1, 0.15) is 18.1 Å². The fourth-order valence-corrected chi connectivity index (χ4v) is 2.42. The van der Waals surface area contributed by atoms with Crippen molar-refractivity contribution in [1.82, 2.24) is 0 Å². The van der Waals surface area contributed by atoms with Crippen molar-refractivity contribution < 1.29 is 9.50 Å². The van der Waals surface area contributed by atoms with Gasteiger partial charge in [0, 0.05) is 10.4 Å². The second kappa shape index (κ2) is 5.72. The molecule has 0 aliphatic carbocycles. The van der Waals surface area contributed by atoms with Crippen LogP contribution in [0.5, 0.6) is 0 Å². The molecule has 100 valence electrons. The number of aliphatic hydroxyl groups is 1. The molecule has 1 unspecified atom stereocenters. The first-order valence-electron chi connectivity index (χ1n) is 6.15. The first kappa shape index (κ1) is 14.0. The summed E-state index contributed by atoms with van der Waals surface area (Å²) in [6.45, 7) is 1.87. The lowest BCUT2D eigenvalue weighted by Gasteiger charge is -2.28. The first-order chi connectivity index (χ1) is 9.03. The van der Waals surface area contributed by atoms with Crippen LogP contribution in [0, 0.1) is 5.82 Å². The summed E-state index contributed by atoms with van der Waals surface area (Å²) in [7, 11) is 0. The average Bonchev–Trinajstić information content (AvgIpc) is 2.38. The van der Waals surface area contributed by atoms with Gasteiger partial charge in [-0.3, -0.25) is 0 Å². The largest absolute Gasteiger partial charge is 0.395 e. The lowest BCUT2D eigenvalue weighted by atomic mass is 9.78. The molecule has 2 rings (SSSR count). The van der Waals surface area contributed by atoms with Crippen molar-refractivity contribution in [2.45, 2.75) is 18.8 Å². The smallest absolute Gasteiger partial charge is 0.123 e. The SMILES string of the molecule is CC(CO)(Cc1cccc(Cl)c1)c1cccc(F)c1. The molecule has 0 radical (unpaired) electrons. The highest BCUT2D eigenvalue weighted by molar-refractivity contribution is 6.30. The Kier molecular flexibility index (Phi) is 4.23. The summed E-state index contributed by atoms with van der Waals surface area (Å²) >= 11 is 5.97. The summed E-state index contributed by atoms with van der Waals surface area (Å²) in [6.07, 6.45) is 0.605. The molecule has 2 aromatic rings. The van der Waals surface area contributed by atoms with E-state index in [2.05, 4.69) is 0 Å². The molecular formula is C16H16ClFO. The fourth-order valence-electron chi connectivity index (χ4n) is 2.21. The summed E-state index contributed by atoms with van der Waals surface area (Å²) < 4.78 is 13.3. The zero-order chi connectivity index (χ0) is 13.9. The van der Waals surface area contributed by atoms with E-state index in [0.717, 1.165) is 11.1 Å². The van der Waals surface area contributed by atoms with E-state index >= 15 is 0 Å². The van der Waals surface area contributed by atoms with Gasteiger partial charge in [-0.05, 0) is 41.8 Å². The molecule has 0 aromatic heterocycles. The van der Waals surface area contributed by atoms with Gasteiger partial charge in [0.15, 0.2) is 0 Å². The molecule has 2 aromatic carbocycles. The molecule has 19 heavy (non-hydrogen) atoms. The molecule has 1 nitrogen and oxygen atoms in total. The minimum absolute atomic E-state index is 0.0526. The summed E-state index contributed by atoms with van der Waals surface area (Å²) in [5, 5.41) is 10.4. The van der Waals surface area contributed by atoms with Crippen molar-refractivity contribution >= 4 is 11.6 Å². The number of rotatable bonds is 4. The molecule has 0 saturated carbocycles. The molecule has 0 amide bonds. The van der Waals surface area contributed by atoms with E-state index in [1.165, 1.54) is 12.1 Å². The van der Waals surface area contributed by atoms with Crippen molar-refractivity contribution in [3.8, 4) is 0 Å². The molecule has 0 heterocycles. The van der Waals surface area contributed by atoms with E-state index in [1.54, 1.807) is 6.07 Å². The second-order valence-corrected chi connectivity index (χ2v) is 5.47. The Morgan fingerprint density at radius 1 is 1.16 bits per heavy atom. The second-order valence-electron chi connectivity index (χ2n) is 5.04. The average molecular weight is 279 g/mol. The van der Waals surface area contributed by atoms with Gasteiger partial charge < -0.3 is 5.11 Å². The minimum atomic E-state index is -0.521. The van der Waals surface area contributed by atoms with Crippen molar-refractivity contribution in [3.05, 3.63) is 70.5 Å². The summed E-state index contributed by atoms with van der Waals surface area (Å²) in [4.78, 5) is 0. The van der Waals surface area contributed by atoms with Gasteiger partial charge in [0.2, 0.25) is 0 Å². The molecule has 0 bridgehead atoms. The number of benzene rings is 2. The van der Waals surface area contributed by atoms with Gasteiger partial charge in [0.1, 0.15) is 5.82 Å². The third-order valence-corrected chi connectivity index (χ3v) is 3.59. The predicted octanol–water partition coefficient (Wildman–Crippen LogP) is 3.97. The molecule has 0 fully saturated rings. The Morgan fingerprint density at radius 3 is 2.53 bits per heavy atom. The van der Waals surface area contributed by atoms with Gasteiger partial charge in [0.05, 0.1) is 6.61 Å². The van der Waals surface area contributed by atoms with Crippen LogP contribution in [0.25, 0.3) is 0 Å². The van der Waals surface area contributed by atoms with Crippen LogP contribution < -0.4 is 0 Å². The fraction of sp³-hybridized carbons (Fsp3) is 0.250. The van der Waals surface area contributed by atoms with Crippen molar-refractivity contribution in [2.75, 3.05) is 6.61 Å². The van der Waals surface area contributed by atoms with Gasteiger partial charge in [0.25, 0.3) is 0 Å². The molecule has 0 aliphatic heterocycles. The third-order valence-electron chi connectivity index (χ3n) is 3.35. The van der Waals surface area contributed by atoms with Gasteiger partial charge in [-0.15, -0.1) is 0 Å². The van der Waals surface area contributed by atoms with E-state index in [0.29, 0.717) is 11.4 Å². The molecular weight excluding hydrogens is 263 g/mol. The van der Waals surface area contributed by atoms with Crippen LogP contribution >= 0.6 is 11.6 Å². The van der Waals surface area contributed by atoms with Crippen molar-refractivity contribution in [3.63, 3.8) is 0 Å². The summed E-state index contributed by atoms with van der Waals surface area (Å²) in [5.41, 5.74) is 1.29. The zero-order valence-electron chi connectivity index (χ0n) is 10.7. The number of hydrogen-bond donors (Lipinski definition) is 1. The van der Waals surface area contributed by atoms with Crippen LogP contribution in [0.15, 0.2) is 48.5 Å². The van der Waals surface area contributed by atoms with Crippen LogP contribution in [0.4, 0.5) is 4.39 Å². The number of aliphatic hydroxyl groups excluding tert-OH is 1. The van der Waals surface area contributed by atoms with Gasteiger partial charge >= 0.3 is 0 Å². The standard InChI is InChI=1S/C16H16ClFO/c1-16(11-19,13-5-3-7-15(18)9-13)10-12-4-2-6-14(17)8-12/h2-9,19H,10-11H2,1H3. The Balaban J connectivity index is 2.32. The lowest BCUT2D eigenvalue weighted by molar-refractivity contribution is 0.204. The monoisotopic (exact) mass is 278 g/mol. The van der Waals surface area contributed by atoms with Gasteiger partial charge in [-0.1, -0.05) is 42.8 Å². The minimum Gasteiger partial charge on any atom is -0.395 e. The predicted molar refractivity (Wildman–Crippen MR) is 76.0 cm³/mol. The van der Waals surface area contributed by atoms with Crippen LogP contribution in [0.2, 0.25) is 5.02 Å². The highest BCUT2D eigenvalue weighted by atomic mass is 35.5. The van der Waals surface area contributed by atoms with Crippen molar-refractivity contribution in [2.24, 2.45) is 0 Å². The third kappa shape index (κ3) is 3.34. The van der Waals surface area contributed by atoms with E-state index in [1.807, 2.05) is 37.3 Å². The van der Waals surface area contributed by atoms with Crippen LogP contribution in [-0.2, 0) is 11.8 Å². The Bertz CT molecular complexity index is 570. The maximum atomic E-state index is 13.3. The zero-order valence-corrected chi connectivity index (χ0v) is 11.5. The normalized spacial score (nSPS) is 14.1. The first-order valence-corrected chi connectivity index (χ1v) is 6.53. The van der Waals surface area contributed by atoms with Crippen molar-refractivity contribution in [1.29, 1.82) is 0 Å². The maximum absolute atomic E-state index is 13.3. The van der Waals surface area contributed by atoms with E-state index in [-0.39, 0.29) is 12.4 Å². The molecule has 0 saturated heterocycles. The van der Waals surface area contributed by atoms with E-state index in [9.17, 15) is 9.50 Å². The molecule has 0 aliphatic rings. The summed E-state index contributed by atoms with van der Waals surface area (Å²) in [6, 6.07) is 13.9. The molecule has 1 atom stereocenters. The summed E-state index contributed by atoms with van der Waals surface area (Å²) in [5.74, 6) is -0.289. The number of hydrogen-bond acceptors (Lipinski definition) is 1. The molecule has 0 spiro atoms. The Hall–Kier alpha value is -1.38. The van der Waals surface area contributed by atoms with Gasteiger partial charge in [-0.2, -0.15) is 0 Å². The number of halogens is 2. The highest BCUT2D eigenvalue weighted by Gasteiger charge is 2.26. The van der Waals surface area contributed by atoms with E-state index in [4.69, 9.17) is 11.6 Å². The quantitative estimate of drug-likeness (QED) is 0.897. The topological polar surface area (TPSA) is 20.2 Å². The molecule has 3 heteroatoms. The van der Waals surface area contributed by atoms with E-state index < -0.39 is 5.41 Å². The Labute approximate surface area is 117 Å². The van der Waals surface area contributed by atoms with Crippen LogP contribution in [0.3, 0.4) is 0 Å². The maximum Gasteiger partial charge on any atom is 0.123 e. The highest BCUT2D eigenvalue weighted by Crippen LogP contribution is 2.29. The van der Waals surface area contributed by atoms with Crippen LogP contribution in [-0.4, -0.2) is 11.7 Å². The Morgan fingerprint density at radius 2 is 1.89 bits per heavy atom. The molecule has 1 N–H and O–H groups in total. The lowest BCUT2D eigenvalue weighted by Crippen LogP contribution is -2.29.